The van der Waals surface area contributed by atoms with Crippen LogP contribution >= 0.6 is 0 Å². The summed E-state index contributed by atoms with van der Waals surface area (Å²) < 4.78 is 40.5. The molecule has 1 spiro atoms. The van der Waals surface area contributed by atoms with Crippen molar-refractivity contribution in [1.82, 2.24) is 15.0 Å². The van der Waals surface area contributed by atoms with Crippen LogP contribution in [-0.4, -0.2) is 34.0 Å². The number of benzene rings is 1. The first-order valence-electron chi connectivity index (χ1n) is 11.0. The fraction of sp³-hybridized carbons (Fsp3) is 0.154. The second kappa shape index (κ2) is 8.21. The molecule has 35 heavy (non-hydrogen) atoms. The lowest BCUT2D eigenvalue weighted by atomic mass is 9.80. The molecule has 6 rings (SSSR count). The normalized spacial score (nSPS) is 18.7. The third kappa shape index (κ3) is 3.60. The van der Waals surface area contributed by atoms with Crippen molar-refractivity contribution in [1.29, 1.82) is 0 Å². The fourth-order valence-corrected chi connectivity index (χ4v) is 4.55. The monoisotopic (exact) mass is 471 g/mol. The van der Waals surface area contributed by atoms with Crippen molar-refractivity contribution in [2.24, 2.45) is 10.7 Å². The van der Waals surface area contributed by atoms with Gasteiger partial charge in [-0.1, -0.05) is 6.07 Å². The maximum Gasteiger partial charge on any atom is 0.220 e. The van der Waals surface area contributed by atoms with Gasteiger partial charge in [0.2, 0.25) is 11.9 Å². The maximum atomic E-state index is 14.5. The Balaban J connectivity index is 1.59. The summed E-state index contributed by atoms with van der Waals surface area (Å²) in [6.45, 7) is 0.594. The molecular formula is C26H19F2N5O2. The number of nitrogens with two attached hydrogens (primary N) is 1. The molecule has 5 heterocycles. The van der Waals surface area contributed by atoms with Crippen LogP contribution in [0.2, 0.25) is 0 Å². The average molecular weight is 471 g/mol. The summed E-state index contributed by atoms with van der Waals surface area (Å²) in [5.74, 6) is 0.259. The first-order valence-corrected chi connectivity index (χ1v) is 11.0. The molecule has 2 aliphatic heterocycles. The molecule has 2 N–H and O–H groups in total. The van der Waals surface area contributed by atoms with Gasteiger partial charge in [-0.15, -0.1) is 0 Å². The Labute approximate surface area is 199 Å². The summed E-state index contributed by atoms with van der Waals surface area (Å²) in [5, 5.41) is 0. The van der Waals surface area contributed by atoms with Crippen LogP contribution in [0.3, 0.4) is 0 Å². The molecule has 0 bridgehead atoms. The lowest BCUT2D eigenvalue weighted by Crippen LogP contribution is -2.35. The van der Waals surface area contributed by atoms with Crippen LogP contribution in [0.25, 0.3) is 22.4 Å². The Morgan fingerprint density at radius 2 is 1.77 bits per heavy atom. The van der Waals surface area contributed by atoms with Crippen molar-refractivity contribution in [3.05, 3.63) is 90.1 Å². The highest BCUT2D eigenvalue weighted by Crippen LogP contribution is 2.51. The Bertz CT molecular complexity index is 1490. The van der Waals surface area contributed by atoms with E-state index in [1.165, 1.54) is 18.5 Å². The quantitative estimate of drug-likeness (QED) is 0.429. The van der Waals surface area contributed by atoms with Crippen LogP contribution in [-0.2, 0) is 10.3 Å². The molecule has 0 radical (unpaired) electrons. The molecule has 0 saturated carbocycles. The molecular weight excluding hydrogens is 452 g/mol. The molecule has 0 fully saturated rings. The van der Waals surface area contributed by atoms with E-state index in [0.29, 0.717) is 63.9 Å². The molecule has 3 aromatic heterocycles. The van der Waals surface area contributed by atoms with E-state index >= 15 is 0 Å². The minimum absolute atomic E-state index is 0.185. The number of hydrogen-bond donors (Lipinski definition) is 1. The second-order valence-corrected chi connectivity index (χ2v) is 8.35. The molecule has 2 aliphatic rings. The molecule has 0 unspecified atom stereocenters. The number of ether oxygens (including phenoxy) is 2. The van der Waals surface area contributed by atoms with Gasteiger partial charge in [0.25, 0.3) is 0 Å². The fourth-order valence-electron chi connectivity index (χ4n) is 4.55. The summed E-state index contributed by atoms with van der Waals surface area (Å²) in [6.07, 6.45) is 4.84. The predicted molar refractivity (Wildman–Crippen MR) is 125 cm³/mol. The zero-order valence-corrected chi connectivity index (χ0v) is 18.4. The molecule has 0 saturated heterocycles. The Morgan fingerprint density at radius 1 is 0.886 bits per heavy atom. The van der Waals surface area contributed by atoms with Gasteiger partial charge in [-0.2, -0.15) is 8.78 Å². The van der Waals surface area contributed by atoms with Crippen molar-refractivity contribution >= 4 is 5.84 Å². The highest BCUT2D eigenvalue weighted by atomic mass is 19.1. The minimum atomic E-state index is -1.07. The lowest BCUT2D eigenvalue weighted by Gasteiger charge is -2.36. The maximum absolute atomic E-state index is 14.5. The number of rotatable bonds is 2. The largest absolute Gasteiger partial charge is 0.455 e. The number of pyridine rings is 3. The molecule has 1 atom stereocenters. The topological polar surface area (TPSA) is 95.5 Å². The van der Waals surface area contributed by atoms with Crippen molar-refractivity contribution in [2.75, 3.05) is 13.2 Å². The molecule has 4 aromatic rings. The van der Waals surface area contributed by atoms with E-state index in [-0.39, 0.29) is 6.61 Å². The number of halogens is 2. The Hall–Kier alpha value is -4.24. The number of hydrogen-bond acceptors (Lipinski definition) is 7. The van der Waals surface area contributed by atoms with Gasteiger partial charge in [-0.25, -0.2) is 9.97 Å². The van der Waals surface area contributed by atoms with E-state index in [2.05, 4.69) is 15.0 Å². The van der Waals surface area contributed by atoms with Crippen LogP contribution in [0.4, 0.5) is 8.78 Å². The molecule has 1 aromatic carbocycles. The van der Waals surface area contributed by atoms with E-state index in [4.69, 9.17) is 20.2 Å². The number of nitrogens with zero attached hydrogens (tertiary/aromatic N) is 4. The second-order valence-electron chi connectivity index (χ2n) is 8.35. The first-order chi connectivity index (χ1) is 17.0. The zero-order chi connectivity index (χ0) is 24.0. The molecule has 9 heteroatoms. The van der Waals surface area contributed by atoms with E-state index in [1.54, 1.807) is 42.6 Å². The summed E-state index contributed by atoms with van der Waals surface area (Å²) in [7, 11) is 0. The van der Waals surface area contributed by atoms with Crippen LogP contribution in [0.15, 0.2) is 72.1 Å². The van der Waals surface area contributed by atoms with E-state index in [0.717, 1.165) is 0 Å². The van der Waals surface area contributed by atoms with Gasteiger partial charge in [-0.05, 0) is 42.0 Å². The predicted octanol–water partition coefficient (Wildman–Crippen LogP) is 4.61. The van der Waals surface area contributed by atoms with Crippen molar-refractivity contribution < 1.29 is 18.3 Å². The van der Waals surface area contributed by atoms with Gasteiger partial charge in [-0.3, -0.25) is 9.98 Å². The van der Waals surface area contributed by atoms with Crippen molar-refractivity contribution in [2.45, 2.75) is 12.0 Å². The van der Waals surface area contributed by atoms with Gasteiger partial charge in [0.15, 0.2) is 5.75 Å². The summed E-state index contributed by atoms with van der Waals surface area (Å²) >= 11 is 0. The molecule has 0 aliphatic carbocycles. The number of aromatic nitrogens is 3. The molecule has 0 amide bonds. The first kappa shape index (κ1) is 21.3. The van der Waals surface area contributed by atoms with Gasteiger partial charge in [0.1, 0.15) is 11.3 Å². The third-order valence-electron chi connectivity index (χ3n) is 6.20. The molecule has 7 nitrogen and oxygen atoms in total. The van der Waals surface area contributed by atoms with Crippen LogP contribution in [0.1, 0.15) is 17.5 Å². The molecule has 174 valence electrons. The van der Waals surface area contributed by atoms with Gasteiger partial charge < -0.3 is 15.2 Å². The van der Waals surface area contributed by atoms with Crippen LogP contribution < -0.4 is 10.5 Å². The number of fused-ring (bicyclic) bond motifs is 4. The average Bonchev–Trinajstić information content (AvgIpc) is 3.06. The lowest BCUT2D eigenvalue weighted by molar-refractivity contribution is 0.107. The van der Waals surface area contributed by atoms with E-state index in [1.807, 2.05) is 6.07 Å². The zero-order valence-electron chi connectivity index (χ0n) is 18.4. The van der Waals surface area contributed by atoms with Crippen molar-refractivity contribution in [3.63, 3.8) is 0 Å². The standard InChI is InChI=1S/C26H19F2N5O2/c27-23-11-16(5-8-30-23)20-12-19-22(13-32-20)35-21-4-3-15(17-2-1-7-31-25(17)28)10-18(21)26(19)14-34-9-6-24(29)33-26/h1-5,7-8,10-13H,6,9,14H2,(H2,29,33)/t26-/m1/s1. The number of amidine groups is 1. The third-order valence-corrected chi connectivity index (χ3v) is 6.20. The van der Waals surface area contributed by atoms with E-state index < -0.39 is 17.4 Å². The van der Waals surface area contributed by atoms with E-state index in [9.17, 15) is 8.78 Å². The van der Waals surface area contributed by atoms with Crippen molar-refractivity contribution in [3.8, 4) is 33.9 Å². The SMILES string of the molecule is NC1=N[C@]2(COCC1)c1cc(-c3cccnc3F)ccc1Oc1cnc(-c3ccnc(F)c3)cc12. The summed E-state index contributed by atoms with van der Waals surface area (Å²) in [6, 6.07) is 13.5. The summed E-state index contributed by atoms with van der Waals surface area (Å²) in [4.78, 5) is 16.8. The van der Waals surface area contributed by atoms with Gasteiger partial charge in [0, 0.05) is 47.1 Å². The number of aliphatic imine (C=N–C) groups is 1. The highest BCUT2D eigenvalue weighted by molar-refractivity contribution is 5.82. The Kier molecular flexibility index (Phi) is 5.00. The summed E-state index contributed by atoms with van der Waals surface area (Å²) in [5.41, 5.74) is 8.60. The van der Waals surface area contributed by atoms with Crippen LogP contribution in [0.5, 0.6) is 11.5 Å². The highest BCUT2D eigenvalue weighted by Gasteiger charge is 2.44. The van der Waals surface area contributed by atoms with Gasteiger partial charge >= 0.3 is 0 Å². The minimum Gasteiger partial charge on any atom is -0.455 e. The smallest absolute Gasteiger partial charge is 0.220 e. The van der Waals surface area contributed by atoms with Crippen LogP contribution in [0, 0.1) is 11.9 Å². The Morgan fingerprint density at radius 3 is 2.63 bits per heavy atom. The van der Waals surface area contributed by atoms with Gasteiger partial charge in [0.05, 0.1) is 30.9 Å².